The number of hydrogen-bond donors (Lipinski definition) is 0. The molecule has 0 saturated carbocycles. The minimum atomic E-state index is -3.33. The van der Waals surface area contributed by atoms with Gasteiger partial charge in [-0.15, -0.1) is 0 Å². The molecule has 9 heteroatoms. The molecule has 0 atom stereocenters. The summed E-state index contributed by atoms with van der Waals surface area (Å²) >= 11 is -3.33. The SMILES string of the molecule is C[Si](C)(C)[CH2][Pb](=[O])[c]1c(C([Si](C)(C)C)[Si](C)(C)C)cc(C([Si](C)(C)C)[Si](C)(C)C)cc1C([Si](C)(C)C)[Si](C)(C)C. The van der Waals surface area contributed by atoms with Gasteiger partial charge in [0, 0.05) is 0 Å². The summed E-state index contributed by atoms with van der Waals surface area (Å²) in [5, 5.41) is 2.02. The zero-order chi connectivity index (χ0) is 32.2. The van der Waals surface area contributed by atoms with Gasteiger partial charge in [-0.3, -0.25) is 0 Å². The predicted octanol–water partition coefficient (Wildman–Crippen LogP) is 10.7. The van der Waals surface area contributed by atoms with E-state index in [1.807, 2.05) is 0 Å². The van der Waals surface area contributed by atoms with Crippen LogP contribution in [-0.2, 0) is 2.69 Å². The second-order valence-electron chi connectivity index (χ2n) is 20.7. The van der Waals surface area contributed by atoms with Crippen molar-refractivity contribution in [3.05, 3.63) is 28.8 Å². The second-order valence-corrected chi connectivity index (χ2v) is 69.2. The Morgan fingerprint density at radius 1 is 0.475 bits per heavy atom. The molecule has 232 valence electrons. The van der Waals surface area contributed by atoms with Crippen molar-refractivity contribution >= 4 is 82.4 Å². The Morgan fingerprint density at radius 2 is 0.725 bits per heavy atom. The van der Waals surface area contributed by atoms with Crippen LogP contribution in [0.3, 0.4) is 0 Å². The fraction of sp³-hybridized carbons (Fsp3) is 0.806. The molecule has 0 bridgehead atoms. The van der Waals surface area contributed by atoms with Gasteiger partial charge in [-0.1, -0.05) is 0 Å². The number of hydrogen-bond acceptors (Lipinski definition) is 1. The monoisotopic (exact) mass is 862 g/mol. The van der Waals surface area contributed by atoms with Gasteiger partial charge in [-0.2, -0.15) is 0 Å². The summed E-state index contributed by atoms with van der Waals surface area (Å²) in [4.78, 5) is 0. The minimum absolute atomic E-state index is 0.650. The van der Waals surface area contributed by atoms with Crippen molar-refractivity contribution in [1.29, 1.82) is 0 Å². The fourth-order valence-electron chi connectivity index (χ4n) is 8.99. The van der Waals surface area contributed by atoms with E-state index in [1.165, 1.54) is 3.12 Å². The maximum absolute atomic E-state index is 15.1. The van der Waals surface area contributed by atoms with E-state index in [0.717, 1.165) is 8.77 Å². The third-order valence-electron chi connectivity index (χ3n) is 8.34. The molecule has 0 amide bonds. The predicted molar refractivity (Wildman–Crippen MR) is 209 cm³/mol. The Hall–Kier alpha value is 1.46. The van der Waals surface area contributed by atoms with Gasteiger partial charge in [-0.05, 0) is 0 Å². The van der Waals surface area contributed by atoms with Gasteiger partial charge in [0.05, 0.1) is 0 Å². The van der Waals surface area contributed by atoms with Gasteiger partial charge in [-0.25, -0.2) is 0 Å². The summed E-state index contributed by atoms with van der Waals surface area (Å²) in [6.45, 7) is 54.5. The molecule has 0 aromatic heterocycles. The first-order chi connectivity index (χ1) is 17.2. The molecular formula is C31H70OPbSi7. The molecule has 0 aliphatic heterocycles. The molecule has 0 heterocycles. The van der Waals surface area contributed by atoms with Gasteiger partial charge in [0.15, 0.2) is 0 Å². The molecule has 0 spiro atoms. The van der Waals surface area contributed by atoms with Crippen LogP contribution >= 0.6 is 0 Å². The molecular weight excluding hydrogens is 792 g/mol. The summed E-state index contributed by atoms with van der Waals surface area (Å²) < 4.78 is 17.7. The van der Waals surface area contributed by atoms with E-state index in [2.05, 4.69) is 150 Å². The van der Waals surface area contributed by atoms with E-state index < -0.39 is 79.2 Å². The molecule has 0 N–H and O–H groups in total. The summed E-state index contributed by atoms with van der Waals surface area (Å²) in [6, 6.07) is 5.50. The van der Waals surface area contributed by atoms with Crippen molar-refractivity contribution in [2.45, 2.75) is 157 Å². The normalized spacial score (nSPS) is 15.0. The van der Waals surface area contributed by atoms with Crippen molar-refractivity contribution in [2.24, 2.45) is 0 Å². The first-order valence-electron chi connectivity index (χ1n) is 15.9. The molecule has 0 radical (unpaired) electrons. The zero-order valence-electron chi connectivity index (χ0n) is 31.0. The van der Waals surface area contributed by atoms with Crippen LogP contribution in [0.25, 0.3) is 0 Å². The fourth-order valence-corrected chi connectivity index (χ4v) is 68.0. The average molecular weight is 863 g/mol. The van der Waals surface area contributed by atoms with Crippen LogP contribution in [0.4, 0.5) is 0 Å². The van der Waals surface area contributed by atoms with E-state index in [9.17, 15) is 0 Å². The van der Waals surface area contributed by atoms with Crippen molar-refractivity contribution in [1.82, 2.24) is 0 Å². The first-order valence-corrected chi connectivity index (χ1v) is 47.4. The molecule has 0 unspecified atom stereocenters. The third kappa shape index (κ3) is 10.5. The molecule has 0 aliphatic rings. The van der Waals surface area contributed by atoms with Crippen molar-refractivity contribution < 1.29 is 2.69 Å². The average Bonchev–Trinajstić information content (AvgIpc) is 2.51. The molecule has 1 aromatic rings. The molecule has 1 aromatic carbocycles. The standard InChI is InChI=1S/C27H59Si6.C4H11Si.O.Pb/c1-28(2,3)25(29(4,5)6)22-19-23(26(30(7,8)9)31(10,11)12)21-24(20-22)27(32(13,14)15)33(16,17)18;1-5(2,3)4;;/h19-20,25-27H,1-18H3;1H2,2-4H3;;. The van der Waals surface area contributed by atoms with Gasteiger partial charge in [0.2, 0.25) is 0 Å². The third-order valence-corrected chi connectivity index (χ3v) is 58.1. The van der Waals surface area contributed by atoms with E-state index in [0.29, 0.717) is 10.3 Å². The summed E-state index contributed by atoms with van der Waals surface area (Å²) in [6.07, 6.45) is 0. The number of rotatable bonds is 12. The van der Waals surface area contributed by atoms with Gasteiger partial charge < -0.3 is 0 Å². The number of benzene rings is 1. The molecule has 1 nitrogen and oxygen atoms in total. The maximum atomic E-state index is 15.1. The van der Waals surface area contributed by atoms with Crippen LogP contribution in [0.15, 0.2) is 12.1 Å². The van der Waals surface area contributed by atoms with Gasteiger partial charge in [0.25, 0.3) is 0 Å². The summed E-state index contributed by atoms with van der Waals surface area (Å²) in [5.41, 5.74) is 4.95. The van der Waals surface area contributed by atoms with E-state index in [4.69, 9.17) is 0 Å². The Morgan fingerprint density at radius 3 is 0.925 bits per heavy atom. The second kappa shape index (κ2) is 12.7. The van der Waals surface area contributed by atoms with E-state index in [1.54, 1.807) is 16.7 Å². The zero-order valence-corrected chi connectivity index (χ0v) is 41.9. The van der Waals surface area contributed by atoms with Crippen molar-refractivity contribution in [3.63, 3.8) is 0 Å². The Balaban J connectivity index is 4.68. The van der Waals surface area contributed by atoms with Crippen molar-refractivity contribution in [2.75, 3.05) is 0 Å². The van der Waals surface area contributed by atoms with E-state index in [-0.39, 0.29) is 0 Å². The molecule has 0 saturated heterocycles. The topological polar surface area (TPSA) is 17.1 Å². The van der Waals surface area contributed by atoms with Crippen LogP contribution in [-0.4, -0.2) is 79.2 Å². The molecule has 1 rings (SSSR count). The summed E-state index contributed by atoms with van der Waals surface area (Å²) in [7, 11) is -10.8. The van der Waals surface area contributed by atoms with Crippen LogP contribution in [0.2, 0.25) is 141 Å². The Bertz CT molecular complexity index is 956. The van der Waals surface area contributed by atoms with E-state index >= 15 is 2.69 Å². The van der Waals surface area contributed by atoms with Gasteiger partial charge >= 0.3 is 270 Å². The molecule has 0 fully saturated rings. The summed E-state index contributed by atoms with van der Waals surface area (Å²) in [5.74, 6) is 0. The van der Waals surface area contributed by atoms with Crippen LogP contribution in [0.1, 0.15) is 32.2 Å². The first kappa shape index (κ1) is 39.5. The Kier molecular flexibility index (Phi) is 12.5. The molecule has 40 heavy (non-hydrogen) atoms. The quantitative estimate of drug-likeness (QED) is 0.191. The Labute approximate surface area is 268 Å². The molecule has 0 aliphatic carbocycles. The van der Waals surface area contributed by atoms with Crippen LogP contribution in [0, 0.1) is 0 Å². The van der Waals surface area contributed by atoms with Crippen molar-refractivity contribution in [3.8, 4) is 0 Å². The van der Waals surface area contributed by atoms with Crippen LogP contribution in [0.5, 0.6) is 0 Å². The van der Waals surface area contributed by atoms with Gasteiger partial charge in [0.1, 0.15) is 0 Å². The van der Waals surface area contributed by atoms with Crippen LogP contribution < -0.4 is 3.12 Å².